The molecule has 2 rings (SSSR count). The summed E-state index contributed by atoms with van der Waals surface area (Å²) in [6.45, 7) is 2.06. The number of aldehydes is 1. The van der Waals surface area contributed by atoms with Crippen molar-refractivity contribution in [3.8, 4) is 0 Å². The number of hydrogen-bond donors (Lipinski definition) is 0. The fourth-order valence-electron chi connectivity index (χ4n) is 2.22. The number of ether oxygens (including phenoxy) is 1. The Hall–Kier alpha value is -2.42. The number of fused-ring (bicyclic) bond motifs is 1. The van der Waals surface area contributed by atoms with Crippen molar-refractivity contribution in [2.45, 2.75) is 25.7 Å². The quantitative estimate of drug-likeness (QED) is 0.335. The third-order valence-corrected chi connectivity index (χ3v) is 3.36. The van der Waals surface area contributed by atoms with Crippen molar-refractivity contribution < 1.29 is 15.7 Å². The maximum Gasteiger partial charge on any atom is 0.320 e. The van der Waals surface area contributed by atoms with E-state index in [2.05, 4.69) is 0 Å². The third kappa shape index (κ3) is 4.04. The van der Waals surface area contributed by atoms with Gasteiger partial charge in [0.2, 0.25) is 0 Å². The summed E-state index contributed by atoms with van der Waals surface area (Å²) in [4.78, 5) is 23.4. The molecule has 22 heavy (non-hydrogen) atoms. The van der Waals surface area contributed by atoms with Gasteiger partial charge in [-0.25, -0.2) is 0 Å². The topological polar surface area (TPSA) is 43.4 Å². The Bertz CT molecular complexity index is 721. The van der Waals surface area contributed by atoms with E-state index in [0.717, 1.165) is 17.2 Å². The summed E-state index contributed by atoms with van der Waals surface area (Å²) < 4.78 is 12.8. The molecule has 0 aromatic heterocycles. The van der Waals surface area contributed by atoms with E-state index in [9.17, 15) is 9.59 Å². The Morgan fingerprint density at radius 2 is 2.05 bits per heavy atom. The number of benzene rings is 2. The number of hydrogen-bond acceptors (Lipinski definition) is 3. The van der Waals surface area contributed by atoms with Crippen molar-refractivity contribution >= 4 is 23.0 Å². The molecule has 0 heterocycles. The molecule has 0 N–H and O–H groups in total. The molecule has 3 heteroatoms. The van der Waals surface area contributed by atoms with Gasteiger partial charge in [0.1, 0.15) is 12.2 Å². The first-order valence-corrected chi connectivity index (χ1v) is 7.42. The predicted molar refractivity (Wildman–Crippen MR) is 87.8 cm³/mol. The summed E-state index contributed by atoms with van der Waals surface area (Å²) >= 11 is 0. The lowest BCUT2D eigenvalue weighted by Crippen LogP contribution is -2.17. The fraction of sp³-hybridized carbons (Fsp3) is 0.263. The van der Waals surface area contributed by atoms with E-state index in [1.807, 2.05) is 43.3 Å². The zero-order chi connectivity index (χ0) is 16.7. The number of esters is 1. The average Bonchev–Trinajstić information content (AvgIpc) is 2.55. The Balaban J connectivity index is 2.06. The Morgan fingerprint density at radius 3 is 2.77 bits per heavy atom. The van der Waals surface area contributed by atoms with Gasteiger partial charge < -0.3 is 9.53 Å². The zero-order valence-electron chi connectivity index (χ0n) is 13.6. The summed E-state index contributed by atoms with van der Waals surface area (Å²) in [5, 5.41) is 2.03. The Labute approximate surface area is 132 Å². The maximum atomic E-state index is 12.1. The van der Waals surface area contributed by atoms with Crippen molar-refractivity contribution in [3.05, 3.63) is 60.2 Å². The van der Waals surface area contributed by atoms with Gasteiger partial charge in [0.25, 0.3) is 0 Å². The second-order valence-electron chi connectivity index (χ2n) is 4.95. The molecule has 0 amide bonds. The van der Waals surface area contributed by atoms with Gasteiger partial charge in [0, 0.05) is 0 Å². The first-order valence-electron chi connectivity index (χ1n) is 7.92. The van der Waals surface area contributed by atoms with Crippen molar-refractivity contribution in [1.82, 2.24) is 0 Å². The van der Waals surface area contributed by atoms with E-state index in [0.29, 0.717) is 24.3 Å². The molecule has 0 saturated carbocycles. The first-order chi connectivity index (χ1) is 11.2. The second kappa shape index (κ2) is 8.13. The van der Waals surface area contributed by atoms with Crippen molar-refractivity contribution in [1.29, 1.82) is 0 Å². The van der Waals surface area contributed by atoms with E-state index >= 15 is 0 Å². The molecule has 0 aliphatic carbocycles. The molecular weight excluding hydrogens is 276 g/mol. The van der Waals surface area contributed by atoms with Crippen LogP contribution in [0.1, 0.15) is 32.6 Å². The molecule has 0 radical (unpaired) electrons. The highest BCUT2D eigenvalue weighted by Gasteiger charge is 2.21. The average molecular weight is 298 g/mol. The normalized spacial score (nSPS) is 13.5. The summed E-state index contributed by atoms with van der Waals surface area (Å²) in [7, 11) is 0. The number of carbonyl (C=O) groups is 2. The molecule has 114 valence electrons. The van der Waals surface area contributed by atoms with Gasteiger partial charge in [0.05, 0.1) is 7.98 Å². The fourth-order valence-corrected chi connectivity index (χ4v) is 2.22. The zero-order valence-corrected chi connectivity index (χ0v) is 12.6. The van der Waals surface area contributed by atoms with Crippen LogP contribution >= 0.6 is 0 Å². The molecule has 3 nitrogen and oxygen atoms in total. The van der Waals surface area contributed by atoms with Gasteiger partial charge in [-0.3, -0.25) is 4.79 Å². The molecule has 1 atom stereocenters. The van der Waals surface area contributed by atoms with Crippen LogP contribution in [0.25, 0.3) is 10.8 Å². The molecular formula is C19H20O3. The van der Waals surface area contributed by atoms with Crippen LogP contribution in [0.4, 0.5) is 0 Å². The lowest BCUT2D eigenvalue weighted by atomic mass is 9.97. The number of carbonyl (C=O) groups excluding carboxylic acids is 2. The van der Waals surface area contributed by atoms with Gasteiger partial charge in [-0.05, 0) is 35.2 Å². The van der Waals surface area contributed by atoms with E-state index in [4.69, 9.17) is 6.11 Å². The lowest BCUT2D eigenvalue weighted by molar-refractivity contribution is -0.146. The minimum absolute atomic E-state index is 0.117. The summed E-state index contributed by atoms with van der Waals surface area (Å²) in [5.74, 6) is -1.50. The van der Waals surface area contributed by atoms with Gasteiger partial charge in [0.15, 0.2) is 0 Å². The summed E-state index contributed by atoms with van der Waals surface area (Å²) in [5.41, 5.74) is 0.624. The van der Waals surface area contributed by atoms with Crippen molar-refractivity contribution in [2.24, 2.45) is 0 Å². The largest absolute Gasteiger partial charge is 0.465 e. The van der Waals surface area contributed by atoms with Crippen LogP contribution in [0, 0.1) is 0 Å². The highest BCUT2D eigenvalue weighted by molar-refractivity contribution is 5.95. The van der Waals surface area contributed by atoms with Crippen LogP contribution in [-0.4, -0.2) is 18.9 Å². The smallest absolute Gasteiger partial charge is 0.320 e. The molecule has 0 spiro atoms. The van der Waals surface area contributed by atoms with Crippen LogP contribution in [0.5, 0.6) is 0 Å². The van der Waals surface area contributed by atoms with E-state index in [1.165, 1.54) is 0 Å². The Morgan fingerprint density at radius 1 is 1.27 bits per heavy atom. The van der Waals surface area contributed by atoms with Crippen molar-refractivity contribution in [2.75, 3.05) is 6.61 Å². The standard InChI is InChI=1S/C19H20O3/c1-2-3-4-7-12-22-19(21)18(14-20)17-11-10-15-8-5-6-9-16(15)13-17/h3-6,8-11,13-14,18H,2,7,12H2,1H3/i4T. The molecule has 2 aromatic carbocycles. The van der Waals surface area contributed by atoms with E-state index in [-0.39, 0.29) is 6.61 Å². The second-order valence-corrected chi connectivity index (χ2v) is 4.95. The van der Waals surface area contributed by atoms with Crippen LogP contribution < -0.4 is 0 Å². The number of allylic oxidation sites excluding steroid dienone is 1. The Kier molecular flexibility index (Phi) is 5.36. The molecule has 2 aromatic rings. The van der Waals surface area contributed by atoms with Crippen LogP contribution in [0.15, 0.2) is 54.6 Å². The minimum Gasteiger partial charge on any atom is -0.465 e. The molecule has 0 aliphatic heterocycles. The summed E-state index contributed by atoms with van der Waals surface area (Å²) in [6, 6.07) is 13.7. The van der Waals surface area contributed by atoms with E-state index in [1.54, 1.807) is 12.1 Å². The highest BCUT2D eigenvalue weighted by Crippen LogP contribution is 2.21. The molecule has 0 bridgehead atoms. The van der Waals surface area contributed by atoms with Crippen LogP contribution in [0.2, 0.25) is 0 Å². The van der Waals surface area contributed by atoms with Gasteiger partial charge >= 0.3 is 5.97 Å². The minimum atomic E-state index is -0.927. The molecule has 0 saturated heterocycles. The van der Waals surface area contributed by atoms with E-state index < -0.39 is 11.9 Å². The first kappa shape index (κ1) is 14.5. The van der Waals surface area contributed by atoms with Crippen LogP contribution in [-0.2, 0) is 14.3 Å². The molecule has 0 aliphatic rings. The van der Waals surface area contributed by atoms with Gasteiger partial charge in [-0.2, -0.15) is 0 Å². The molecule has 1 unspecified atom stereocenters. The number of rotatable bonds is 7. The monoisotopic (exact) mass is 298 g/mol. The van der Waals surface area contributed by atoms with Crippen molar-refractivity contribution in [3.63, 3.8) is 0 Å². The lowest BCUT2D eigenvalue weighted by Gasteiger charge is -2.11. The predicted octanol–water partition coefficient (Wildman–Crippen LogP) is 4.02. The van der Waals surface area contributed by atoms with Gasteiger partial charge in [-0.15, -0.1) is 0 Å². The summed E-state index contributed by atoms with van der Waals surface area (Å²) in [6.07, 6.45) is 3.52. The van der Waals surface area contributed by atoms with Crippen LogP contribution in [0.3, 0.4) is 0 Å². The SMILES string of the molecule is [3H]C(=CCC)CCOC(=O)C(C=O)c1ccc2ccccc2c1. The third-order valence-electron chi connectivity index (χ3n) is 3.36. The van der Waals surface area contributed by atoms with Gasteiger partial charge in [-0.1, -0.05) is 55.5 Å². The molecule has 0 fully saturated rings. The maximum absolute atomic E-state index is 12.1. The highest BCUT2D eigenvalue weighted by atomic mass is 16.5.